The molecule has 0 spiro atoms. The van der Waals surface area contributed by atoms with Gasteiger partial charge in [-0.1, -0.05) is 36.2 Å². The topological polar surface area (TPSA) is 47.2 Å². The van der Waals surface area contributed by atoms with Crippen molar-refractivity contribution in [2.75, 3.05) is 0 Å². The second kappa shape index (κ2) is 6.09. The van der Waals surface area contributed by atoms with Crippen LogP contribution in [0.2, 0.25) is 0 Å². The summed E-state index contributed by atoms with van der Waals surface area (Å²) in [4.78, 5) is 12.1. The second-order valence-electron chi connectivity index (χ2n) is 5.36. The zero-order chi connectivity index (χ0) is 14.7. The maximum absolute atomic E-state index is 12.1. The third kappa shape index (κ3) is 3.20. The first-order valence-electron chi connectivity index (χ1n) is 7.03. The van der Waals surface area contributed by atoms with Gasteiger partial charge >= 0.3 is 5.69 Å². The van der Waals surface area contributed by atoms with Crippen LogP contribution in [0.15, 0.2) is 35.4 Å². The average molecular weight is 274 g/mol. The number of benzene rings is 1. The fraction of sp³-hybridized carbons (Fsp3) is 0.438. The summed E-state index contributed by atoms with van der Waals surface area (Å²) in [5, 5.41) is 10.3. The molecule has 108 valence electrons. The van der Waals surface area contributed by atoms with Gasteiger partial charge in [-0.2, -0.15) is 0 Å². The molecule has 1 heterocycles. The molecule has 1 unspecified atom stereocenters. The van der Waals surface area contributed by atoms with E-state index in [1.165, 1.54) is 0 Å². The second-order valence-corrected chi connectivity index (χ2v) is 5.36. The lowest BCUT2D eigenvalue weighted by Gasteiger charge is -2.13. The molecule has 0 saturated heterocycles. The molecule has 2 rings (SSSR count). The van der Waals surface area contributed by atoms with Crippen LogP contribution in [0.1, 0.15) is 36.1 Å². The molecule has 2 aromatic rings. The molecule has 0 radical (unpaired) electrons. The lowest BCUT2D eigenvalue weighted by atomic mass is 10.0. The minimum atomic E-state index is -0.663. The number of hydrogen-bond donors (Lipinski definition) is 1. The van der Waals surface area contributed by atoms with Crippen molar-refractivity contribution < 1.29 is 5.11 Å². The van der Waals surface area contributed by atoms with Gasteiger partial charge in [-0.05, 0) is 25.8 Å². The number of aryl methyl sites for hydroxylation is 3. The summed E-state index contributed by atoms with van der Waals surface area (Å²) < 4.78 is 3.24. The van der Waals surface area contributed by atoms with E-state index < -0.39 is 6.10 Å². The van der Waals surface area contributed by atoms with Crippen LogP contribution in [0, 0.1) is 13.8 Å². The molecule has 20 heavy (non-hydrogen) atoms. The first-order chi connectivity index (χ1) is 9.51. The van der Waals surface area contributed by atoms with Crippen LogP contribution < -0.4 is 5.69 Å². The zero-order valence-electron chi connectivity index (χ0n) is 12.3. The van der Waals surface area contributed by atoms with Gasteiger partial charge in [0.1, 0.15) is 0 Å². The smallest absolute Gasteiger partial charge is 0.328 e. The molecule has 1 aromatic carbocycles. The molecule has 0 fully saturated rings. The number of rotatable bonds is 5. The highest BCUT2D eigenvalue weighted by molar-refractivity contribution is 5.29. The van der Waals surface area contributed by atoms with Crippen molar-refractivity contribution in [1.82, 2.24) is 9.13 Å². The van der Waals surface area contributed by atoms with Gasteiger partial charge in [0, 0.05) is 18.9 Å². The minimum Gasteiger partial charge on any atom is -0.387 e. The van der Waals surface area contributed by atoms with E-state index in [1.807, 2.05) is 32.9 Å². The molecule has 1 atom stereocenters. The molecule has 0 saturated carbocycles. The summed E-state index contributed by atoms with van der Waals surface area (Å²) in [6, 6.07) is 6.00. The first-order valence-corrected chi connectivity index (χ1v) is 7.03. The molecule has 1 aromatic heterocycles. The Morgan fingerprint density at radius 3 is 2.30 bits per heavy atom. The highest BCUT2D eigenvalue weighted by atomic mass is 16.3. The summed E-state index contributed by atoms with van der Waals surface area (Å²) in [5.74, 6) is 0. The van der Waals surface area contributed by atoms with Crippen molar-refractivity contribution >= 4 is 0 Å². The van der Waals surface area contributed by atoms with E-state index >= 15 is 0 Å². The monoisotopic (exact) mass is 274 g/mol. The Kier molecular flexibility index (Phi) is 4.45. The predicted molar refractivity (Wildman–Crippen MR) is 79.9 cm³/mol. The molecular weight excluding hydrogens is 252 g/mol. The van der Waals surface area contributed by atoms with E-state index in [4.69, 9.17) is 0 Å². The van der Waals surface area contributed by atoms with Gasteiger partial charge < -0.3 is 5.11 Å². The molecule has 0 bridgehead atoms. The molecule has 4 heteroatoms. The summed E-state index contributed by atoms with van der Waals surface area (Å²) in [5.41, 5.74) is 3.04. The molecule has 4 nitrogen and oxygen atoms in total. The van der Waals surface area contributed by atoms with Gasteiger partial charge in [0.15, 0.2) is 0 Å². The molecule has 0 aliphatic rings. The van der Waals surface area contributed by atoms with E-state index in [1.54, 1.807) is 21.5 Å². The fourth-order valence-corrected chi connectivity index (χ4v) is 2.50. The lowest BCUT2D eigenvalue weighted by molar-refractivity contribution is 0.154. The summed E-state index contributed by atoms with van der Waals surface area (Å²) in [6.45, 7) is 7.05. The zero-order valence-corrected chi connectivity index (χ0v) is 12.3. The Balaban J connectivity index is 2.19. The largest absolute Gasteiger partial charge is 0.387 e. The Hall–Kier alpha value is -1.81. The van der Waals surface area contributed by atoms with E-state index in [9.17, 15) is 9.90 Å². The molecule has 1 N–H and O–H groups in total. The lowest BCUT2D eigenvalue weighted by Crippen LogP contribution is -2.26. The van der Waals surface area contributed by atoms with Crippen LogP contribution >= 0.6 is 0 Å². The van der Waals surface area contributed by atoms with Crippen molar-refractivity contribution in [3.8, 4) is 0 Å². The SMILES string of the molecule is CCCn1ccn(CC(O)c2cc(C)cc(C)c2)c1=O. The number of imidazole rings is 1. The Bertz CT molecular complexity index is 620. The third-order valence-electron chi connectivity index (χ3n) is 3.38. The molecule has 0 aliphatic carbocycles. The first kappa shape index (κ1) is 14.6. The summed E-state index contributed by atoms with van der Waals surface area (Å²) in [6.07, 6.45) is 3.77. The normalized spacial score (nSPS) is 12.6. The van der Waals surface area contributed by atoms with Crippen LogP contribution in [0.4, 0.5) is 0 Å². The Morgan fingerprint density at radius 1 is 1.10 bits per heavy atom. The van der Waals surface area contributed by atoms with E-state index in [2.05, 4.69) is 6.07 Å². The van der Waals surface area contributed by atoms with Crippen molar-refractivity contribution in [1.29, 1.82) is 0 Å². The van der Waals surface area contributed by atoms with Crippen molar-refractivity contribution in [2.24, 2.45) is 0 Å². The maximum Gasteiger partial charge on any atom is 0.328 e. The standard InChI is InChI=1S/C16H22N2O2/c1-4-5-17-6-7-18(16(17)20)11-15(19)14-9-12(2)8-13(3)10-14/h6-10,15,19H,4-5,11H2,1-3H3. The number of aliphatic hydroxyl groups is 1. The Morgan fingerprint density at radius 2 is 1.70 bits per heavy atom. The number of hydrogen-bond acceptors (Lipinski definition) is 2. The average Bonchev–Trinajstić information content (AvgIpc) is 2.71. The van der Waals surface area contributed by atoms with Crippen LogP contribution in [-0.2, 0) is 13.1 Å². The number of aromatic nitrogens is 2. The van der Waals surface area contributed by atoms with Gasteiger partial charge in [-0.25, -0.2) is 4.79 Å². The van der Waals surface area contributed by atoms with Gasteiger partial charge in [-0.3, -0.25) is 9.13 Å². The van der Waals surface area contributed by atoms with Crippen LogP contribution in [0.3, 0.4) is 0 Å². The molecule has 0 aliphatic heterocycles. The minimum absolute atomic E-state index is 0.0599. The van der Waals surface area contributed by atoms with Crippen LogP contribution in [0.5, 0.6) is 0 Å². The van der Waals surface area contributed by atoms with Crippen LogP contribution in [-0.4, -0.2) is 14.2 Å². The highest BCUT2D eigenvalue weighted by Crippen LogP contribution is 2.18. The third-order valence-corrected chi connectivity index (χ3v) is 3.38. The summed E-state index contributed by atoms with van der Waals surface area (Å²) >= 11 is 0. The highest BCUT2D eigenvalue weighted by Gasteiger charge is 2.12. The number of nitrogens with zero attached hydrogens (tertiary/aromatic N) is 2. The van der Waals surface area contributed by atoms with E-state index in [-0.39, 0.29) is 5.69 Å². The quantitative estimate of drug-likeness (QED) is 0.910. The molecular formula is C16H22N2O2. The number of aliphatic hydroxyl groups excluding tert-OH is 1. The van der Waals surface area contributed by atoms with Gasteiger partial charge in [0.2, 0.25) is 0 Å². The van der Waals surface area contributed by atoms with Gasteiger partial charge in [-0.15, -0.1) is 0 Å². The summed E-state index contributed by atoms with van der Waals surface area (Å²) in [7, 11) is 0. The maximum atomic E-state index is 12.1. The fourth-order valence-electron chi connectivity index (χ4n) is 2.50. The van der Waals surface area contributed by atoms with Crippen LogP contribution in [0.25, 0.3) is 0 Å². The van der Waals surface area contributed by atoms with Crippen molar-refractivity contribution in [2.45, 2.75) is 46.4 Å². The van der Waals surface area contributed by atoms with Crippen molar-refractivity contribution in [3.05, 3.63) is 57.8 Å². The van der Waals surface area contributed by atoms with E-state index in [0.717, 1.165) is 23.1 Å². The van der Waals surface area contributed by atoms with Gasteiger partial charge in [0.25, 0.3) is 0 Å². The van der Waals surface area contributed by atoms with E-state index in [0.29, 0.717) is 13.1 Å². The molecule has 0 amide bonds. The van der Waals surface area contributed by atoms with Gasteiger partial charge in [0.05, 0.1) is 12.6 Å². The Labute approximate surface area is 119 Å². The van der Waals surface area contributed by atoms with Crippen molar-refractivity contribution in [3.63, 3.8) is 0 Å². The predicted octanol–water partition coefficient (Wildman–Crippen LogP) is 2.41.